The van der Waals surface area contributed by atoms with Gasteiger partial charge < -0.3 is 15.9 Å². The number of halogens is 2. The smallest absolute Gasteiger partial charge is 0.123 e. The fraction of sp³-hybridized carbons (Fsp3) is 0.400. The number of phenolic OH excluding ortho intramolecular Hbond substituents is 1. The third-order valence-corrected chi connectivity index (χ3v) is 2.35. The molecule has 5 heteroatoms. The predicted octanol–water partition coefficient (Wildman–Crippen LogP) is 2.16. The first-order chi connectivity index (χ1) is 6.56. The largest absolute Gasteiger partial charge is 0.507 e. The molecule has 0 bridgehead atoms. The van der Waals surface area contributed by atoms with Crippen LogP contribution in [0.1, 0.15) is 23.6 Å². The maximum absolute atomic E-state index is 9.70. The number of hydrogen-bond acceptors (Lipinski definition) is 3. The number of rotatable bonds is 3. The van der Waals surface area contributed by atoms with Crippen molar-refractivity contribution in [2.75, 3.05) is 6.61 Å². The van der Waals surface area contributed by atoms with E-state index in [2.05, 4.69) is 0 Å². The Morgan fingerprint density at radius 2 is 2.07 bits per heavy atom. The summed E-state index contributed by atoms with van der Waals surface area (Å²) < 4.78 is 0. The van der Waals surface area contributed by atoms with Crippen molar-refractivity contribution in [2.45, 2.75) is 19.4 Å². The number of benzene rings is 1. The molecule has 0 spiro atoms. The third-order valence-electron chi connectivity index (χ3n) is 2.13. The molecule has 0 aliphatic heterocycles. The molecule has 0 saturated carbocycles. The molecule has 0 aromatic heterocycles. The Labute approximate surface area is 100 Å². The van der Waals surface area contributed by atoms with Crippen molar-refractivity contribution in [1.29, 1.82) is 0 Å². The minimum atomic E-state index is -0.377. The summed E-state index contributed by atoms with van der Waals surface area (Å²) in [6.07, 6.45) is 0.410. The molecule has 0 aliphatic rings. The summed E-state index contributed by atoms with van der Waals surface area (Å²) in [5.74, 6) is 0.162. The van der Waals surface area contributed by atoms with Crippen molar-refractivity contribution in [1.82, 2.24) is 0 Å². The summed E-state index contributed by atoms with van der Waals surface area (Å²) in [6.45, 7) is 1.75. The molecule has 3 nitrogen and oxygen atoms in total. The molecule has 0 saturated heterocycles. The monoisotopic (exact) mass is 251 g/mol. The van der Waals surface area contributed by atoms with Crippen LogP contribution in [0.25, 0.3) is 0 Å². The number of hydrogen-bond donors (Lipinski definition) is 3. The van der Waals surface area contributed by atoms with E-state index in [1.165, 1.54) is 0 Å². The minimum Gasteiger partial charge on any atom is -0.507 e. The second-order valence-electron chi connectivity index (χ2n) is 3.28. The van der Waals surface area contributed by atoms with Crippen LogP contribution < -0.4 is 5.73 Å². The Kier molecular flexibility index (Phi) is 5.98. The van der Waals surface area contributed by atoms with E-state index in [-0.39, 0.29) is 30.8 Å². The Hall–Kier alpha value is -0.480. The topological polar surface area (TPSA) is 66.5 Å². The molecule has 1 atom stereocenters. The summed E-state index contributed by atoms with van der Waals surface area (Å²) in [7, 11) is 0. The van der Waals surface area contributed by atoms with Gasteiger partial charge in [0.1, 0.15) is 5.75 Å². The molecule has 0 heterocycles. The standard InChI is InChI=1S/C10H14ClNO2.ClH/c1-6-4-7(11)5-8(10(6)14)9(12)2-3-13;/h4-5,9,13-14H,2-3,12H2,1H3;1H/t9-;/m1./s1. The quantitative estimate of drug-likeness (QED) is 0.772. The zero-order valence-corrected chi connectivity index (χ0v) is 9.98. The first kappa shape index (κ1) is 14.5. The molecule has 86 valence electrons. The van der Waals surface area contributed by atoms with Gasteiger partial charge in [0, 0.05) is 23.2 Å². The van der Waals surface area contributed by atoms with Gasteiger partial charge in [-0.1, -0.05) is 11.6 Å². The van der Waals surface area contributed by atoms with Gasteiger partial charge in [-0.2, -0.15) is 0 Å². The fourth-order valence-corrected chi connectivity index (χ4v) is 1.62. The highest BCUT2D eigenvalue weighted by molar-refractivity contribution is 6.30. The van der Waals surface area contributed by atoms with Gasteiger partial charge in [0.05, 0.1) is 0 Å². The maximum atomic E-state index is 9.70. The SMILES string of the molecule is Cc1cc(Cl)cc([C@H](N)CCO)c1O.Cl. The summed E-state index contributed by atoms with van der Waals surface area (Å²) in [5.41, 5.74) is 7.05. The number of aromatic hydroxyl groups is 1. The Bertz CT molecular complexity index is 331. The normalized spacial score (nSPS) is 12.0. The van der Waals surface area contributed by atoms with E-state index in [4.69, 9.17) is 22.4 Å². The molecule has 0 aliphatic carbocycles. The van der Waals surface area contributed by atoms with Gasteiger partial charge in [-0.05, 0) is 31.0 Å². The van der Waals surface area contributed by atoms with Gasteiger partial charge >= 0.3 is 0 Å². The molecule has 1 aromatic carbocycles. The van der Waals surface area contributed by atoms with Crippen molar-refractivity contribution < 1.29 is 10.2 Å². The second-order valence-corrected chi connectivity index (χ2v) is 3.72. The van der Waals surface area contributed by atoms with Crippen molar-refractivity contribution in [2.24, 2.45) is 5.73 Å². The van der Waals surface area contributed by atoms with E-state index in [0.29, 0.717) is 22.6 Å². The van der Waals surface area contributed by atoms with Crippen LogP contribution in [0.15, 0.2) is 12.1 Å². The predicted molar refractivity (Wildman–Crippen MR) is 63.7 cm³/mol. The lowest BCUT2D eigenvalue weighted by Crippen LogP contribution is -2.12. The maximum Gasteiger partial charge on any atom is 0.123 e. The number of aryl methyl sites for hydroxylation is 1. The lowest BCUT2D eigenvalue weighted by atomic mass is 10.0. The van der Waals surface area contributed by atoms with E-state index >= 15 is 0 Å². The number of phenols is 1. The third kappa shape index (κ3) is 3.54. The molecule has 1 rings (SSSR count). The van der Waals surface area contributed by atoms with Gasteiger partial charge in [-0.25, -0.2) is 0 Å². The Balaban J connectivity index is 0.00000196. The average molecular weight is 252 g/mol. The molecule has 15 heavy (non-hydrogen) atoms. The average Bonchev–Trinajstić information content (AvgIpc) is 2.11. The van der Waals surface area contributed by atoms with Crippen LogP contribution in [0, 0.1) is 6.92 Å². The highest BCUT2D eigenvalue weighted by Crippen LogP contribution is 2.31. The molecule has 0 radical (unpaired) electrons. The van der Waals surface area contributed by atoms with Gasteiger partial charge in [0.2, 0.25) is 0 Å². The minimum absolute atomic E-state index is 0. The Morgan fingerprint density at radius 3 is 2.60 bits per heavy atom. The van der Waals surface area contributed by atoms with Crippen molar-refractivity contribution >= 4 is 24.0 Å². The van der Waals surface area contributed by atoms with Gasteiger partial charge in [0.15, 0.2) is 0 Å². The molecule has 4 N–H and O–H groups in total. The zero-order valence-electron chi connectivity index (χ0n) is 8.40. The van der Waals surface area contributed by atoms with Crippen LogP contribution in [-0.4, -0.2) is 16.8 Å². The van der Waals surface area contributed by atoms with Gasteiger partial charge in [-0.3, -0.25) is 0 Å². The van der Waals surface area contributed by atoms with Crippen LogP contribution in [0.3, 0.4) is 0 Å². The van der Waals surface area contributed by atoms with Crippen LogP contribution in [0.5, 0.6) is 5.75 Å². The number of nitrogens with two attached hydrogens (primary N) is 1. The van der Waals surface area contributed by atoms with Crippen molar-refractivity contribution in [3.8, 4) is 5.75 Å². The van der Waals surface area contributed by atoms with E-state index in [9.17, 15) is 5.11 Å². The zero-order chi connectivity index (χ0) is 10.7. The van der Waals surface area contributed by atoms with E-state index < -0.39 is 0 Å². The van der Waals surface area contributed by atoms with Gasteiger partial charge in [-0.15, -0.1) is 12.4 Å². The number of aliphatic hydroxyl groups is 1. The van der Waals surface area contributed by atoms with Crippen LogP contribution in [0.2, 0.25) is 5.02 Å². The second kappa shape index (κ2) is 6.18. The fourth-order valence-electron chi connectivity index (χ4n) is 1.34. The number of aliphatic hydroxyl groups excluding tert-OH is 1. The van der Waals surface area contributed by atoms with Crippen molar-refractivity contribution in [3.05, 3.63) is 28.3 Å². The first-order valence-electron chi connectivity index (χ1n) is 4.41. The van der Waals surface area contributed by atoms with E-state index in [1.807, 2.05) is 0 Å². The highest BCUT2D eigenvalue weighted by Gasteiger charge is 2.13. The molecular weight excluding hydrogens is 237 g/mol. The van der Waals surface area contributed by atoms with E-state index in [1.54, 1.807) is 19.1 Å². The lowest BCUT2D eigenvalue weighted by Gasteiger charge is -2.14. The highest BCUT2D eigenvalue weighted by atomic mass is 35.5. The van der Waals surface area contributed by atoms with Crippen LogP contribution in [-0.2, 0) is 0 Å². The first-order valence-corrected chi connectivity index (χ1v) is 4.79. The summed E-state index contributed by atoms with van der Waals surface area (Å²) >= 11 is 5.84. The molecular formula is C10H15Cl2NO2. The summed E-state index contributed by atoms with van der Waals surface area (Å²) in [6, 6.07) is 2.92. The molecule has 1 aromatic rings. The summed E-state index contributed by atoms with van der Waals surface area (Å²) in [5, 5.41) is 19.0. The summed E-state index contributed by atoms with van der Waals surface area (Å²) in [4.78, 5) is 0. The van der Waals surface area contributed by atoms with Crippen LogP contribution >= 0.6 is 24.0 Å². The molecule has 0 unspecified atom stereocenters. The van der Waals surface area contributed by atoms with Crippen LogP contribution in [0.4, 0.5) is 0 Å². The lowest BCUT2D eigenvalue weighted by molar-refractivity contribution is 0.275. The van der Waals surface area contributed by atoms with Crippen molar-refractivity contribution in [3.63, 3.8) is 0 Å². The Morgan fingerprint density at radius 1 is 1.47 bits per heavy atom. The molecule has 0 amide bonds. The molecule has 0 fully saturated rings. The van der Waals surface area contributed by atoms with E-state index in [0.717, 1.165) is 0 Å². The van der Waals surface area contributed by atoms with Gasteiger partial charge in [0.25, 0.3) is 0 Å².